The maximum absolute atomic E-state index is 13.4. The standard InChI is InChI=1S/C24H24N2O2S/c1-26(16-17-10-4-2-5-11-17)24(28)21-19-14-8-9-15-20(19)29-23(21)25-22(27)18-12-6-3-7-13-18/h2-7,10-13H,8-9,14-16H2,1H3,(H,25,27). The summed E-state index contributed by atoms with van der Waals surface area (Å²) >= 11 is 1.56. The zero-order chi connectivity index (χ0) is 20.2. The van der Waals surface area contributed by atoms with Gasteiger partial charge in [-0.2, -0.15) is 0 Å². The van der Waals surface area contributed by atoms with Gasteiger partial charge < -0.3 is 10.2 Å². The van der Waals surface area contributed by atoms with Crippen molar-refractivity contribution in [2.24, 2.45) is 0 Å². The molecule has 0 aliphatic heterocycles. The number of rotatable bonds is 5. The number of benzene rings is 2. The van der Waals surface area contributed by atoms with Gasteiger partial charge in [-0.05, 0) is 48.9 Å². The number of aryl methyl sites for hydroxylation is 1. The molecule has 29 heavy (non-hydrogen) atoms. The molecule has 0 saturated carbocycles. The van der Waals surface area contributed by atoms with Crippen molar-refractivity contribution in [1.29, 1.82) is 0 Å². The van der Waals surface area contributed by atoms with Gasteiger partial charge in [0.25, 0.3) is 11.8 Å². The summed E-state index contributed by atoms with van der Waals surface area (Å²) in [7, 11) is 1.82. The van der Waals surface area contributed by atoms with Crippen LogP contribution in [0.3, 0.4) is 0 Å². The zero-order valence-corrected chi connectivity index (χ0v) is 17.3. The third-order valence-corrected chi connectivity index (χ3v) is 6.46. The smallest absolute Gasteiger partial charge is 0.257 e. The highest BCUT2D eigenvalue weighted by Gasteiger charge is 2.28. The minimum atomic E-state index is -0.177. The molecule has 3 aromatic rings. The number of hydrogen-bond donors (Lipinski definition) is 1. The van der Waals surface area contributed by atoms with Gasteiger partial charge in [0.2, 0.25) is 0 Å². The van der Waals surface area contributed by atoms with Crippen molar-refractivity contribution in [3.05, 3.63) is 87.8 Å². The molecule has 0 atom stereocenters. The first-order chi connectivity index (χ1) is 14.1. The molecule has 1 N–H and O–H groups in total. The molecular weight excluding hydrogens is 380 g/mol. The van der Waals surface area contributed by atoms with Gasteiger partial charge in [-0.15, -0.1) is 11.3 Å². The minimum absolute atomic E-state index is 0.0309. The summed E-state index contributed by atoms with van der Waals surface area (Å²) in [4.78, 5) is 29.1. The topological polar surface area (TPSA) is 49.4 Å². The monoisotopic (exact) mass is 404 g/mol. The van der Waals surface area contributed by atoms with Crippen molar-refractivity contribution >= 4 is 28.2 Å². The Morgan fingerprint density at radius 2 is 1.62 bits per heavy atom. The fourth-order valence-corrected chi connectivity index (χ4v) is 5.04. The quantitative estimate of drug-likeness (QED) is 0.639. The van der Waals surface area contributed by atoms with Gasteiger partial charge in [0.05, 0.1) is 5.56 Å². The Balaban J connectivity index is 1.63. The van der Waals surface area contributed by atoms with Gasteiger partial charge in [0.1, 0.15) is 5.00 Å². The van der Waals surface area contributed by atoms with Crippen LogP contribution < -0.4 is 5.32 Å². The molecule has 2 amide bonds. The molecule has 1 aliphatic carbocycles. The van der Waals surface area contributed by atoms with E-state index in [0.29, 0.717) is 22.7 Å². The van der Waals surface area contributed by atoms with Crippen LogP contribution in [-0.2, 0) is 19.4 Å². The third kappa shape index (κ3) is 4.25. The number of carbonyl (C=O) groups excluding carboxylic acids is 2. The number of hydrogen-bond acceptors (Lipinski definition) is 3. The molecule has 4 nitrogen and oxygen atoms in total. The summed E-state index contributed by atoms with van der Waals surface area (Å²) in [6.45, 7) is 0.538. The molecule has 1 heterocycles. The van der Waals surface area contributed by atoms with Crippen LogP contribution in [0, 0.1) is 0 Å². The Bertz CT molecular complexity index is 1010. The summed E-state index contributed by atoms with van der Waals surface area (Å²) in [6.07, 6.45) is 4.09. The molecule has 1 aliphatic rings. The molecule has 148 valence electrons. The maximum atomic E-state index is 13.4. The highest BCUT2D eigenvalue weighted by Crippen LogP contribution is 2.39. The van der Waals surface area contributed by atoms with E-state index in [1.54, 1.807) is 28.4 Å². The zero-order valence-electron chi connectivity index (χ0n) is 16.5. The number of fused-ring (bicyclic) bond motifs is 1. The summed E-state index contributed by atoms with van der Waals surface area (Å²) in [5, 5.41) is 3.69. The van der Waals surface area contributed by atoms with Crippen LogP contribution in [-0.4, -0.2) is 23.8 Å². The van der Waals surface area contributed by atoms with Crippen molar-refractivity contribution in [1.82, 2.24) is 4.90 Å². The van der Waals surface area contributed by atoms with E-state index < -0.39 is 0 Å². The molecular formula is C24H24N2O2S. The van der Waals surface area contributed by atoms with Crippen LogP contribution in [0.1, 0.15) is 49.6 Å². The fraction of sp³-hybridized carbons (Fsp3) is 0.250. The highest BCUT2D eigenvalue weighted by molar-refractivity contribution is 7.17. The van der Waals surface area contributed by atoms with E-state index in [-0.39, 0.29) is 11.8 Å². The van der Waals surface area contributed by atoms with Crippen LogP contribution in [0.2, 0.25) is 0 Å². The minimum Gasteiger partial charge on any atom is -0.337 e. The van der Waals surface area contributed by atoms with E-state index in [4.69, 9.17) is 0 Å². The van der Waals surface area contributed by atoms with E-state index in [1.807, 2.05) is 55.6 Å². The van der Waals surface area contributed by atoms with Crippen molar-refractivity contribution in [3.8, 4) is 0 Å². The van der Waals surface area contributed by atoms with Crippen molar-refractivity contribution in [2.75, 3.05) is 12.4 Å². The normalized spacial score (nSPS) is 12.9. The predicted octanol–water partition coefficient (Wildman–Crippen LogP) is 5.15. The lowest BCUT2D eigenvalue weighted by Gasteiger charge is -2.20. The van der Waals surface area contributed by atoms with Gasteiger partial charge in [0, 0.05) is 24.0 Å². The number of anilines is 1. The van der Waals surface area contributed by atoms with Crippen LogP contribution in [0.4, 0.5) is 5.00 Å². The average molecular weight is 405 g/mol. The molecule has 0 radical (unpaired) electrons. The molecule has 1 aromatic heterocycles. The Hall–Kier alpha value is -2.92. The largest absolute Gasteiger partial charge is 0.337 e. The first-order valence-corrected chi connectivity index (χ1v) is 10.8. The lowest BCUT2D eigenvalue weighted by atomic mass is 9.95. The van der Waals surface area contributed by atoms with Crippen LogP contribution in [0.5, 0.6) is 0 Å². The predicted molar refractivity (Wildman–Crippen MR) is 118 cm³/mol. The van der Waals surface area contributed by atoms with Gasteiger partial charge in [0.15, 0.2) is 0 Å². The lowest BCUT2D eigenvalue weighted by Crippen LogP contribution is -2.28. The molecule has 0 spiro atoms. The maximum Gasteiger partial charge on any atom is 0.257 e. The Morgan fingerprint density at radius 3 is 2.34 bits per heavy atom. The average Bonchev–Trinajstić information content (AvgIpc) is 3.12. The van der Waals surface area contributed by atoms with E-state index in [0.717, 1.165) is 36.8 Å². The Labute approximate surface area is 175 Å². The third-order valence-electron chi connectivity index (χ3n) is 5.26. The summed E-state index contributed by atoms with van der Waals surface area (Å²) in [6, 6.07) is 19.1. The number of amides is 2. The molecule has 0 fully saturated rings. The first kappa shape index (κ1) is 19.4. The van der Waals surface area contributed by atoms with Crippen molar-refractivity contribution in [2.45, 2.75) is 32.2 Å². The van der Waals surface area contributed by atoms with E-state index in [2.05, 4.69) is 5.32 Å². The molecule has 2 aromatic carbocycles. The van der Waals surface area contributed by atoms with Crippen LogP contribution >= 0.6 is 11.3 Å². The molecule has 0 bridgehead atoms. The lowest BCUT2D eigenvalue weighted by molar-refractivity contribution is 0.0785. The van der Waals surface area contributed by atoms with E-state index in [9.17, 15) is 9.59 Å². The second-order valence-electron chi connectivity index (χ2n) is 7.38. The number of nitrogens with one attached hydrogen (secondary N) is 1. The van der Waals surface area contributed by atoms with Crippen LogP contribution in [0.25, 0.3) is 0 Å². The summed E-state index contributed by atoms with van der Waals surface area (Å²) < 4.78 is 0. The Kier molecular flexibility index (Phi) is 5.76. The van der Waals surface area contributed by atoms with Gasteiger partial charge in [-0.25, -0.2) is 0 Å². The fourth-order valence-electron chi connectivity index (χ4n) is 3.76. The number of carbonyl (C=O) groups is 2. The van der Waals surface area contributed by atoms with Crippen molar-refractivity contribution < 1.29 is 9.59 Å². The molecule has 0 saturated heterocycles. The van der Waals surface area contributed by atoms with Gasteiger partial charge >= 0.3 is 0 Å². The van der Waals surface area contributed by atoms with Gasteiger partial charge in [-0.1, -0.05) is 48.5 Å². The van der Waals surface area contributed by atoms with E-state index >= 15 is 0 Å². The van der Waals surface area contributed by atoms with E-state index in [1.165, 1.54) is 4.88 Å². The summed E-state index contributed by atoms with van der Waals surface area (Å²) in [5.74, 6) is -0.208. The molecule has 0 unspecified atom stereocenters. The first-order valence-electron chi connectivity index (χ1n) is 9.94. The number of nitrogens with zero attached hydrogens (tertiary/aromatic N) is 1. The second kappa shape index (κ2) is 8.62. The van der Waals surface area contributed by atoms with Crippen LogP contribution in [0.15, 0.2) is 60.7 Å². The molecule has 5 heteroatoms. The van der Waals surface area contributed by atoms with Gasteiger partial charge in [-0.3, -0.25) is 9.59 Å². The second-order valence-corrected chi connectivity index (χ2v) is 8.49. The Morgan fingerprint density at radius 1 is 0.966 bits per heavy atom. The van der Waals surface area contributed by atoms with Crippen molar-refractivity contribution in [3.63, 3.8) is 0 Å². The molecule has 4 rings (SSSR count). The highest BCUT2D eigenvalue weighted by atomic mass is 32.1. The summed E-state index contributed by atoms with van der Waals surface area (Å²) in [5.41, 5.74) is 3.47. The number of thiophene rings is 1. The SMILES string of the molecule is CN(Cc1ccccc1)C(=O)c1c(NC(=O)c2ccccc2)sc2c1CCCC2.